The van der Waals surface area contributed by atoms with Gasteiger partial charge in [0.15, 0.2) is 6.10 Å². The highest BCUT2D eigenvalue weighted by atomic mass is 35.5. The molecule has 2 atom stereocenters. The van der Waals surface area contributed by atoms with Crippen molar-refractivity contribution < 1.29 is 9.53 Å². The van der Waals surface area contributed by atoms with Crippen molar-refractivity contribution in [2.75, 3.05) is 0 Å². The first kappa shape index (κ1) is 18.4. The van der Waals surface area contributed by atoms with Crippen LogP contribution >= 0.6 is 23.2 Å². The number of benzene rings is 2. The SMILES string of the molecule is O=C1N[C@@H](c2cncc(C#Cc3ccccc3)c2)[C@H](c2cccc(Cl)c2Cl)O1. The highest BCUT2D eigenvalue weighted by Crippen LogP contribution is 2.41. The minimum Gasteiger partial charge on any atom is -0.439 e. The van der Waals surface area contributed by atoms with Crippen molar-refractivity contribution in [3.63, 3.8) is 0 Å². The van der Waals surface area contributed by atoms with Crippen LogP contribution in [0.15, 0.2) is 67.0 Å². The van der Waals surface area contributed by atoms with Crippen LogP contribution < -0.4 is 5.32 Å². The number of ether oxygens (including phenoxy) is 1. The molecule has 0 radical (unpaired) electrons. The van der Waals surface area contributed by atoms with Crippen LogP contribution in [0.3, 0.4) is 0 Å². The summed E-state index contributed by atoms with van der Waals surface area (Å²) in [5.74, 6) is 6.20. The van der Waals surface area contributed by atoms with Gasteiger partial charge in [0.25, 0.3) is 0 Å². The zero-order chi connectivity index (χ0) is 19.5. The summed E-state index contributed by atoms with van der Waals surface area (Å²) in [7, 11) is 0. The Hall–Kier alpha value is -3.00. The maximum atomic E-state index is 11.9. The zero-order valence-electron chi connectivity index (χ0n) is 14.5. The molecule has 1 aliphatic rings. The summed E-state index contributed by atoms with van der Waals surface area (Å²) in [6, 6.07) is 16.4. The summed E-state index contributed by atoms with van der Waals surface area (Å²) in [5, 5.41) is 3.58. The molecule has 0 bridgehead atoms. The van der Waals surface area contributed by atoms with Gasteiger partial charge < -0.3 is 10.1 Å². The summed E-state index contributed by atoms with van der Waals surface area (Å²) >= 11 is 12.5. The van der Waals surface area contributed by atoms with E-state index in [9.17, 15) is 4.79 Å². The number of rotatable bonds is 2. The van der Waals surface area contributed by atoms with Crippen LogP contribution in [0.4, 0.5) is 4.79 Å². The molecule has 0 unspecified atom stereocenters. The van der Waals surface area contributed by atoms with Gasteiger partial charge in [-0.2, -0.15) is 0 Å². The highest BCUT2D eigenvalue weighted by Gasteiger charge is 2.38. The lowest BCUT2D eigenvalue weighted by atomic mass is 9.97. The van der Waals surface area contributed by atoms with Gasteiger partial charge in [-0.1, -0.05) is 65.4 Å². The van der Waals surface area contributed by atoms with Crippen LogP contribution in [0, 0.1) is 11.8 Å². The van der Waals surface area contributed by atoms with Crippen molar-refractivity contribution in [2.24, 2.45) is 0 Å². The molecule has 138 valence electrons. The molecule has 1 aromatic heterocycles. The average Bonchev–Trinajstić information content (AvgIpc) is 3.11. The maximum absolute atomic E-state index is 11.9. The van der Waals surface area contributed by atoms with E-state index in [-0.39, 0.29) is 0 Å². The molecule has 4 rings (SSSR count). The first-order valence-corrected chi connectivity index (χ1v) is 9.30. The number of aromatic nitrogens is 1. The van der Waals surface area contributed by atoms with Crippen molar-refractivity contribution in [1.82, 2.24) is 10.3 Å². The Morgan fingerprint density at radius 3 is 2.57 bits per heavy atom. The van der Waals surface area contributed by atoms with Gasteiger partial charge in [0.2, 0.25) is 0 Å². The van der Waals surface area contributed by atoms with Crippen LogP contribution in [-0.2, 0) is 4.74 Å². The number of nitrogens with zero attached hydrogens (tertiary/aromatic N) is 1. The summed E-state index contributed by atoms with van der Waals surface area (Å²) in [5.41, 5.74) is 3.05. The summed E-state index contributed by atoms with van der Waals surface area (Å²) < 4.78 is 5.46. The molecule has 2 aromatic carbocycles. The number of hydrogen-bond acceptors (Lipinski definition) is 3. The predicted octanol–water partition coefficient (Wildman–Crippen LogP) is 5.31. The second-order valence-electron chi connectivity index (χ2n) is 6.21. The maximum Gasteiger partial charge on any atom is 0.408 e. The summed E-state index contributed by atoms with van der Waals surface area (Å²) in [6.07, 6.45) is 2.22. The summed E-state index contributed by atoms with van der Waals surface area (Å²) in [6.45, 7) is 0. The first-order valence-electron chi connectivity index (χ1n) is 8.55. The Labute approximate surface area is 172 Å². The predicted molar refractivity (Wildman–Crippen MR) is 108 cm³/mol. The lowest BCUT2D eigenvalue weighted by Crippen LogP contribution is -2.20. The van der Waals surface area contributed by atoms with Gasteiger partial charge in [-0.05, 0) is 29.8 Å². The third-order valence-electron chi connectivity index (χ3n) is 4.34. The highest BCUT2D eigenvalue weighted by molar-refractivity contribution is 6.42. The van der Waals surface area contributed by atoms with Crippen molar-refractivity contribution in [2.45, 2.75) is 12.1 Å². The largest absolute Gasteiger partial charge is 0.439 e. The van der Waals surface area contributed by atoms with Crippen LogP contribution in [0.1, 0.15) is 34.4 Å². The molecule has 28 heavy (non-hydrogen) atoms. The van der Waals surface area contributed by atoms with E-state index in [2.05, 4.69) is 22.1 Å². The molecule has 0 spiro atoms. The number of halogens is 2. The molecular formula is C22H14Cl2N2O2. The van der Waals surface area contributed by atoms with Crippen LogP contribution in [-0.4, -0.2) is 11.1 Å². The third-order valence-corrected chi connectivity index (χ3v) is 5.18. The second kappa shape index (κ2) is 7.93. The normalized spacial score (nSPS) is 18.0. The van der Waals surface area contributed by atoms with E-state index in [1.807, 2.05) is 36.4 Å². The van der Waals surface area contributed by atoms with Crippen molar-refractivity contribution in [3.8, 4) is 11.8 Å². The van der Waals surface area contributed by atoms with Gasteiger partial charge in [-0.3, -0.25) is 4.98 Å². The Balaban J connectivity index is 1.67. The van der Waals surface area contributed by atoms with Gasteiger partial charge >= 0.3 is 6.09 Å². The van der Waals surface area contributed by atoms with E-state index < -0.39 is 18.2 Å². The third kappa shape index (κ3) is 3.82. The van der Waals surface area contributed by atoms with Gasteiger partial charge in [-0.25, -0.2) is 4.79 Å². The van der Waals surface area contributed by atoms with E-state index in [0.29, 0.717) is 15.6 Å². The van der Waals surface area contributed by atoms with E-state index in [4.69, 9.17) is 27.9 Å². The quantitative estimate of drug-likeness (QED) is 0.584. The fourth-order valence-corrected chi connectivity index (χ4v) is 3.44. The molecule has 3 aromatic rings. The monoisotopic (exact) mass is 408 g/mol. The molecule has 1 N–H and O–H groups in total. The van der Waals surface area contributed by atoms with Crippen LogP contribution in [0.5, 0.6) is 0 Å². The number of carbonyl (C=O) groups excluding carboxylic acids is 1. The van der Waals surface area contributed by atoms with Crippen molar-refractivity contribution in [3.05, 3.63) is 99.3 Å². The molecule has 4 nitrogen and oxygen atoms in total. The van der Waals surface area contributed by atoms with Gasteiger partial charge in [-0.15, -0.1) is 0 Å². The fraction of sp³-hybridized carbons (Fsp3) is 0.0909. The first-order chi connectivity index (χ1) is 13.6. The lowest BCUT2D eigenvalue weighted by Gasteiger charge is -2.19. The molecule has 0 saturated carbocycles. The van der Waals surface area contributed by atoms with E-state index in [1.54, 1.807) is 30.6 Å². The minimum absolute atomic E-state index is 0.364. The van der Waals surface area contributed by atoms with E-state index in [1.165, 1.54) is 0 Å². The number of cyclic esters (lactones) is 1. The molecule has 6 heteroatoms. The fourth-order valence-electron chi connectivity index (χ4n) is 3.02. The smallest absolute Gasteiger partial charge is 0.408 e. The molecule has 1 fully saturated rings. The standard InChI is InChI=1S/C22H14Cl2N2O2/c23-18-8-4-7-17(19(18)24)21-20(26-22(27)28-21)16-11-15(12-25-13-16)10-9-14-5-2-1-3-6-14/h1-8,11-13,20-21H,(H,26,27)/t20-,21-/m0/s1. The van der Waals surface area contributed by atoms with E-state index in [0.717, 1.165) is 16.7 Å². The topological polar surface area (TPSA) is 51.2 Å². The van der Waals surface area contributed by atoms with Crippen molar-refractivity contribution >= 4 is 29.3 Å². The number of carbonyl (C=O) groups is 1. The number of pyridine rings is 1. The average molecular weight is 409 g/mol. The molecule has 0 aliphatic carbocycles. The van der Waals surface area contributed by atoms with Crippen LogP contribution in [0.25, 0.3) is 0 Å². The second-order valence-corrected chi connectivity index (χ2v) is 7.00. The zero-order valence-corrected chi connectivity index (χ0v) is 16.0. The van der Waals surface area contributed by atoms with Gasteiger partial charge in [0.1, 0.15) is 6.04 Å². The van der Waals surface area contributed by atoms with Crippen molar-refractivity contribution in [1.29, 1.82) is 0 Å². The van der Waals surface area contributed by atoms with Gasteiger partial charge in [0.05, 0.1) is 10.0 Å². The van der Waals surface area contributed by atoms with Gasteiger partial charge in [0, 0.05) is 29.1 Å². The number of amides is 1. The molecule has 1 aliphatic heterocycles. The Morgan fingerprint density at radius 1 is 0.964 bits per heavy atom. The minimum atomic E-state index is -0.613. The molecular weight excluding hydrogens is 395 g/mol. The molecule has 1 amide bonds. The number of alkyl carbamates (subject to hydrolysis) is 1. The summed E-state index contributed by atoms with van der Waals surface area (Å²) in [4.78, 5) is 16.2. The Bertz CT molecular complexity index is 1090. The lowest BCUT2D eigenvalue weighted by molar-refractivity contribution is 0.132. The Kier molecular flexibility index (Phi) is 5.21. The molecule has 1 saturated heterocycles. The van der Waals surface area contributed by atoms with Crippen LogP contribution in [0.2, 0.25) is 10.0 Å². The number of nitrogens with one attached hydrogen (secondary N) is 1. The number of hydrogen-bond donors (Lipinski definition) is 1. The van der Waals surface area contributed by atoms with E-state index >= 15 is 0 Å². The molecule has 2 heterocycles. The Morgan fingerprint density at radius 2 is 1.75 bits per heavy atom.